The normalized spacial score (nSPS) is 30.5. The zero-order chi connectivity index (χ0) is 14.9. The van der Waals surface area contributed by atoms with Crippen LogP contribution in [0, 0.1) is 11.7 Å². The van der Waals surface area contributed by atoms with E-state index in [4.69, 9.17) is 0 Å². The first-order valence-corrected chi connectivity index (χ1v) is 8.34. The van der Waals surface area contributed by atoms with Gasteiger partial charge in [0, 0.05) is 31.2 Å². The predicted molar refractivity (Wildman–Crippen MR) is 84.9 cm³/mol. The predicted octanol–water partition coefficient (Wildman–Crippen LogP) is 3.22. The van der Waals surface area contributed by atoms with Gasteiger partial charge in [-0.1, -0.05) is 19.1 Å². The molecule has 2 aliphatic rings. The molecule has 1 saturated carbocycles. The summed E-state index contributed by atoms with van der Waals surface area (Å²) in [5.41, 5.74) is 1.53. The highest BCUT2D eigenvalue weighted by Crippen LogP contribution is 2.41. The van der Waals surface area contributed by atoms with Crippen molar-refractivity contribution in [2.45, 2.75) is 51.1 Å². The maximum Gasteiger partial charge on any atom is 0.123 e. The van der Waals surface area contributed by atoms with Crippen LogP contribution in [0.3, 0.4) is 0 Å². The lowest BCUT2D eigenvalue weighted by molar-refractivity contribution is 0.0739. The maximum atomic E-state index is 13.0. The molecule has 3 heteroatoms. The lowest BCUT2D eigenvalue weighted by Gasteiger charge is -2.46. The molecule has 1 heterocycles. The van der Waals surface area contributed by atoms with Crippen molar-refractivity contribution >= 4 is 0 Å². The van der Waals surface area contributed by atoms with Crippen molar-refractivity contribution < 1.29 is 4.39 Å². The molecule has 21 heavy (non-hydrogen) atoms. The van der Waals surface area contributed by atoms with E-state index in [1.807, 2.05) is 12.1 Å². The molecule has 0 spiro atoms. The van der Waals surface area contributed by atoms with Gasteiger partial charge in [0.2, 0.25) is 0 Å². The van der Waals surface area contributed by atoms with Crippen LogP contribution in [0.2, 0.25) is 0 Å². The molecule has 1 aromatic rings. The summed E-state index contributed by atoms with van der Waals surface area (Å²) < 4.78 is 13.0. The smallest absolute Gasteiger partial charge is 0.123 e. The van der Waals surface area contributed by atoms with Crippen LogP contribution in [0.1, 0.15) is 38.7 Å². The van der Waals surface area contributed by atoms with Crippen molar-refractivity contribution in [3.8, 4) is 0 Å². The fourth-order valence-electron chi connectivity index (χ4n) is 3.67. The van der Waals surface area contributed by atoms with Crippen LogP contribution in [0.4, 0.5) is 4.39 Å². The molecule has 0 bridgehead atoms. The number of benzene rings is 1. The number of rotatable bonds is 5. The van der Waals surface area contributed by atoms with Crippen LogP contribution in [0.25, 0.3) is 0 Å². The Morgan fingerprint density at radius 2 is 2.00 bits per heavy atom. The summed E-state index contributed by atoms with van der Waals surface area (Å²) in [5, 5.41) is 3.80. The fourth-order valence-corrected chi connectivity index (χ4v) is 3.67. The van der Waals surface area contributed by atoms with Crippen LogP contribution >= 0.6 is 0 Å². The van der Waals surface area contributed by atoms with Crippen molar-refractivity contribution in [2.24, 2.45) is 5.92 Å². The van der Waals surface area contributed by atoms with E-state index in [1.165, 1.54) is 24.8 Å². The highest BCUT2D eigenvalue weighted by Gasteiger charge is 2.45. The Morgan fingerprint density at radius 3 is 2.62 bits per heavy atom. The standard InChI is InChI=1S/C18H27FN2/c1-3-17-12-20-18(2,15-6-7-15)13-21(17)11-10-14-4-8-16(19)9-5-14/h4-5,8-9,15,17,20H,3,6-7,10-13H2,1-2H3. The van der Waals surface area contributed by atoms with Crippen molar-refractivity contribution in [1.82, 2.24) is 10.2 Å². The lowest BCUT2D eigenvalue weighted by Crippen LogP contribution is -2.64. The van der Waals surface area contributed by atoms with Crippen molar-refractivity contribution in [3.05, 3.63) is 35.6 Å². The molecule has 2 unspecified atom stereocenters. The van der Waals surface area contributed by atoms with Gasteiger partial charge in [0.1, 0.15) is 5.82 Å². The third kappa shape index (κ3) is 3.46. The van der Waals surface area contributed by atoms with Gasteiger partial charge in [-0.05, 0) is 56.2 Å². The first-order valence-electron chi connectivity index (χ1n) is 8.34. The lowest BCUT2D eigenvalue weighted by atomic mass is 9.90. The minimum atomic E-state index is -0.145. The summed E-state index contributed by atoms with van der Waals surface area (Å²) in [7, 11) is 0. The molecule has 0 aromatic heterocycles. The SMILES string of the molecule is CCC1CNC(C)(C2CC2)CN1CCc1ccc(F)cc1. The summed E-state index contributed by atoms with van der Waals surface area (Å²) in [6.45, 7) is 8.00. The van der Waals surface area contributed by atoms with Crippen LogP contribution < -0.4 is 5.32 Å². The molecule has 1 N–H and O–H groups in total. The quantitative estimate of drug-likeness (QED) is 0.896. The Labute approximate surface area is 127 Å². The van der Waals surface area contributed by atoms with Gasteiger partial charge in [0.05, 0.1) is 0 Å². The summed E-state index contributed by atoms with van der Waals surface area (Å²) in [4.78, 5) is 2.65. The molecular formula is C18H27FN2. The third-order valence-electron chi connectivity index (χ3n) is 5.34. The summed E-state index contributed by atoms with van der Waals surface area (Å²) in [6.07, 6.45) is 4.97. The van der Waals surface area contributed by atoms with E-state index in [-0.39, 0.29) is 5.82 Å². The van der Waals surface area contributed by atoms with E-state index in [0.29, 0.717) is 11.6 Å². The van der Waals surface area contributed by atoms with Gasteiger partial charge >= 0.3 is 0 Å². The second kappa shape index (κ2) is 6.05. The molecule has 1 aliphatic carbocycles. The topological polar surface area (TPSA) is 15.3 Å². The average molecular weight is 290 g/mol. The Bertz CT molecular complexity index is 469. The van der Waals surface area contributed by atoms with Gasteiger partial charge < -0.3 is 5.32 Å². The minimum Gasteiger partial charge on any atom is -0.308 e. The molecule has 1 aliphatic heterocycles. The molecule has 1 saturated heterocycles. The number of nitrogens with one attached hydrogen (secondary N) is 1. The summed E-state index contributed by atoms with van der Waals surface area (Å²) >= 11 is 0. The highest BCUT2D eigenvalue weighted by molar-refractivity contribution is 5.16. The monoisotopic (exact) mass is 290 g/mol. The molecule has 2 atom stereocenters. The second-order valence-corrected chi connectivity index (χ2v) is 6.98. The maximum absolute atomic E-state index is 13.0. The largest absolute Gasteiger partial charge is 0.308 e. The zero-order valence-corrected chi connectivity index (χ0v) is 13.2. The Hall–Kier alpha value is -0.930. The van der Waals surface area contributed by atoms with Gasteiger partial charge in [-0.15, -0.1) is 0 Å². The van der Waals surface area contributed by atoms with E-state index in [9.17, 15) is 4.39 Å². The second-order valence-electron chi connectivity index (χ2n) is 6.98. The number of nitrogens with zero attached hydrogens (tertiary/aromatic N) is 1. The van der Waals surface area contributed by atoms with E-state index in [0.717, 1.165) is 32.0 Å². The molecule has 2 nitrogen and oxygen atoms in total. The number of hydrogen-bond donors (Lipinski definition) is 1. The Balaban J connectivity index is 1.61. The molecule has 116 valence electrons. The Morgan fingerprint density at radius 1 is 1.29 bits per heavy atom. The molecule has 0 radical (unpaired) electrons. The molecule has 3 rings (SSSR count). The average Bonchev–Trinajstić information content (AvgIpc) is 3.32. The minimum absolute atomic E-state index is 0.145. The molecular weight excluding hydrogens is 263 g/mol. The fraction of sp³-hybridized carbons (Fsp3) is 0.667. The molecule has 2 fully saturated rings. The van der Waals surface area contributed by atoms with Gasteiger partial charge in [0.15, 0.2) is 0 Å². The summed E-state index contributed by atoms with van der Waals surface area (Å²) in [5.74, 6) is 0.720. The van der Waals surface area contributed by atoms with Crippen molar-refractivity contribution in [1.29, 1.82) is 0 Å². The Kier molecular flexibility index (Phi) is 4.32. The number of halogens is 1. The molecule has 0 amide bonds. The zero-order valence-electron chi connectivity index (χ0n) is 13.2. The van der Waals surface area contributed by atoms with Crippen molar-refractivity contribution in [3.63, 3.8) is 0 Å². The number of hydrogen-bond acceptors (Lipinski definition) is 2. The van der Waals surface area contributed by atoms with Crippen LogP contribution in [-0.4, -0.2) is 36.1 Å². The number of piperazine rings is 1. The van der Waals surface area contributed by atoms with E-state index in [1.54, 1.807) is 12.1 Å². The highest BCUT2D eigenvalue weighted by atomic mass is 19.1. The first-order chi connectivity index (χ1) is 10.1. The first kappa shape index (κ1) is 15.0. The van der Waals surface area contributed by atoms with E-state index in [2.05, 4.69) is 24.1 Å². The van der Waals surface area contributed by atoms with Crippen LogP contribution in [0.5, 0.6) is 0 Å². The van der Waals surface area contributed by atoms with E-state index >= 15 is 0 Å². The molecule has 1 aromatic carbocycles. The summed E-state index contributed by atoms with van der Waals surface area (Å²) in [6, 6.07) is 7.60. The van der Waals surface area contributed by atoms with Crippen LogP contribution in [0.15, 0.2) is 24.3 Å². The van der Waals surface area contributed by atoms with Gasteiger partial charge in [-0.3, -0.25) is 4.90 Å². The van der Waals surface area contributed by atoms with Crippen molar-refractivity contribution in [2.75, 3.05) is 19.6 Å². The van der Waals surface area contributed by atoms with E-state index < -0.39 is 0 Å². The van der Waals surface area contributed by atoms with Gasteiger partial charge in [-0.2, -0.15) is 0 Å². The van der Waals surface area contributed by atoms with Gasteiger partial charge in [-0.25, -0.2) is 4.39 Å². The van der Waals surface area contributed by atoms with Gasteiger partial charge in [0.25, 0.3) is 0 Å². The third-order valence-corrected chi connectivity index (χ3v) is 5.34. The van der Waals surface area contributed by atoms with Crippen LogP contribution in [-0.2, 0) is 6.42 Å².